The van der Waals surface area contributed by atoms with Crippen molar-refractivity contribution in [2.24, 2.45) is 16.5 Å². The molecule has 13 heteroatoms. The zero-order chi connectivity index (χ0) is 31.8. The second kappa shape index (κ2) is 17.3. The highest BCUT2D eigenvalue weighted by Crippen LogP contribution is 2.10. The summed E-state index contributed by atoms with van der Waals surface area (Å²) in [7, 11) is 0. The van der Waals surface area contributed by atoms with E-state index in [0.29, 0.717) is 6.42 Å². The van der Waals surface area contributed by atoms with Gasteiger partial charge in [0, 0.05) is 13.0 Å². The van der Waals surface area contributed by atoms with Crippen molar-refractivity contribution in [2.45, 2.75) is 70.4 Å². The van der Waals surface area contributed by atoms with Crippen LogP contribution < -0.4 is 27.4 Å². The molecule has 0 aromatic heterocycles. The number of nitrogens with zero attached hydrogens (tertiary/aromatic N) is 1. The number of carboxylic acids is 1. The van der Waals surface area contributed by atoms with Crippen LogP contribution in [-0.2, 0) is 36.9 Å². The predicted octanol–water partition coefficient (Wildman–Crippen LogP) is 1.45. The third kappa shape index (κ3) is 14.2. The van der Waals surface area contributed by atoms with E-state index in [0.717, 1.165) is 11.1 Å². The highest BCUT2D eigenvalue weighted by Gasteiger charge is 2.31. The molecule has 0 spiro atoms. The molecule has 0 fully saturated rings. The Morgan fingerprint density at radius 3 is 1.95 bits per heavy atom. The lowest BCUT2D eigenvalue weighted by atomic mass is 10.0. The zero-order valence-corrected chi connectivity index (χ0v) is 24.7. The Morgan fingerprint density at radius 1 is 0.837 bits per heavy atom. The van der Waals surface area contributed by atoms with Crippen LogP contribution in [0.1, 0.15) is 44.7 Å². The number of hydrogen-bond acceptors (Lipinski definition) is 7. The van der Waals surface area contributed by atoms with Gasteiger partial charge in [-0.3, -0.25) is 14.6 Å². The molecular formula is C30H42N6O7. The van der Waals surface area contributed by atoms with E-state index in [1.165, 1.54) is 0 Å². The monoisotopic (exact) mass is 598 g/mol. The zero-order valence-electron chi connectivity index (χ0n) is 24.7. The summed E-state index contributed by atoms with van der Waals surface area (Å²) in [5, 5.41) is 17.4. The minimum Gasteiger partial charge on any atom is -0.480 e. The lowest BCUT2D eigenvalue weighted by Gasteiger charge is -2.27. The SMILES string of the molecule is CC(C)(C)OC[C@H](NC(=O)OCc1ccccc1)C(=O)N[C@H](Cc1ccccc1)C(=O)N[C@H](CCCN=C(N)N)C(=O)O. The first kappa shape index (κ1) is 34.6. The van der Waals surface area contributed by atoms with Gasteiger partial charge in [-0.1, -0.05) is 60.7 Å². The Morgan fingerprint density at radius 2 is 1.40 bits per heavy atom. The molecule has 3 atom stereocenters. The number of benzene rings is 2. The van der Waals surface area contributed by atoms with Gasteiger partial charge >= 0.3 is 12.1 Å². The maximum Gasteiger partial charge on any atom is 0.408 e. The maximum atomic E-state index is 13.5. The third-order valence-corrected chi connectivity index (χ3v) is 5.98. The van der Waals surface area contributed by atoms with Crippen LogP contribution in [0, 0.1) is 0 Å². The van der Waals surface area contributed by atoms with Gasteiger partial charge in [-0.25, -0.2) is 9.59 Å². The van der Waals surface area contributed by atoms with Crippen molar-refractivity contribution in [3.05, 3.63) is 71.8 Å². The molecule has 0 heterocycles. The van der Waals surface area contributed by atoms with Crippen LogP contribution in [0.2, 0.25) is 0 Å². The molecule has 0 aliphatic heterocycles. The van der Waals surface area contributed by atoms with Crippen LogP contribution >= 0.6 is 0 Å². The minimum absolute atomic E-state index is 0.0139. The quantitative estimate of drug-likeness (QED) is 0.0937. The van der Waals surface area contributed by atoms with Gasteiger partial charge in [0.25, 0.3) is 0 Å². The van der Waals surface area contributed by atoms with Crippen molar-refractivity contribution in [1.29, 1.82) is 0 Å². The summed E-state index contributed by atoms with van der Waals surface area (Å²) in [6.45, 7) is 5.34. The van der Waals surface area contributed by atoms with Gasteiger partial charge in [0.05, 0.1) is 12.2 Å². The second-order valence-electron chi connectivity index (χ2n) is 10.8. The number of guanidine groups is 1. The molecule has 43 heavy (non-hydrogen) atoms. The number of nitrogens with two attached hydrogens (primary N) is 2. The smallest absolute Gasteiger partial charge is 0.408 e. The molecule has 2 rings (SSSR count). The van der Waals surface area contributed by atoms with E-state index in [2.05, 4.69) is 20.9 Å². The van der Waals surface area contributed by atoms with Gasteiger partial charge in [0.15, 0.2) is 5.96 Å². The van der Waals surface area contributed by atoms with E-state index in [1.807, 2.05) is 6.07 Å². The number of ether oxygens (including phenoxy) is 2. The molecule has 13 nitrogen and oxygen atoms in total. The largest absolute Gasteiger partial charge is 0.480 e. The van der Waals surface area contributed by atoms with Crippen molar-refractivity contribution >= 4 is 29.8 Å². The van der Waals surface area contributed by atoms with Gasteiger partial charge in [-0.05, 0) is 44.7 Å². The normalized spacial score (nSPS) is 13.1. The average molecular weight is 599 g/mol. The number of aliphatic imine (C=N–C) groups is 1. The fraction of sp³-hybridized carbons (Fsp3) is 0.433. The average Bonchev–Trinajstić information content (AvgIpc) is 2.95. The van der Waals surface area contributed by atoms with Crippen LogP contribution in [-0.4, -0.2) is 71.8 Å². The van der Waals surface area contributed by atoms with Gasteiger partial charge in [-0.2, -0.15) is 0 Å². The third-order valence-electron chi connectivity index (χ3n) is 5.98. The second-order valence-corrected chi connectivity index (χ2v) is 10.8. The maximum absolute atomic E-state index is 13.5. The molecule has 3 amide bonds. The van der Waals surface area contributed by atoms with Crippen LogP contribution in [0.15, 0.2) is 65.7 Å². The summed E-state index contributed by atoms with van der Waals surface area (Å²) in [6, 6.07) is 14.3. The highest BCUT2D eigenvalue weighted by atomic mass is 16.5. The first-order chi connectivity index (χ1) is 20.3. The van der Waals surface area contributed by atoms with Gasteiger partial charge in [-0.15, -0.1) is 0 Å². The molecule has 0 aliphatic carbocycles. The molecule has 0 unspecified atom stereocenters. The molecule has 0 radical (unpaired) electrons. The van der Waals surface area contributed by atoms with E-state index >= 15 is 0 Å². The van der Waals surface area contributed by atoms with E-state index < -0.39 is 47.6 Å². The predicted molar refractivity (Wildman–Crippen MR) is 161 cm³/mol. The van der Waals surface area contributed by atoms with Crippen molar-refractivity contribution < 1.29 is 33.8 Å². The fourth-order valence-electron chi connectivity index (χ4n) is 3.79. The van der Waals surface area contributed by atoms with E-state index in [-0.39, 0.29) is 38.6 Å². The molecule has 0 bridgehead atoms. The number of rotatable bonds is 16. The Balaban J connectivity index is 2.19. The minimum atomic E-state index is -1.25. The van der Waals surface area contributed by atoms with Gasteiger partial charge in [0.1, 0.15) is 24.7 Å². The Hall–Kier alpha value is -4.65. The van der Waals surface area contributed by atoms with E-state index in [1.54, 1.807) is 75.4 Å². The lowest BCUT2D eigenvalue weighted by Crippen LogP contribution is -2.57. The number of nitrogens with one attached hydrogen (secondary N) is 3. The number of carboxylic acid groups (broad SMARTS) is 1. The fourth-order valence-corrected chi connectivity index (χ4v) is 3.79. The van der Waals surface area contributed by atoms with Crippen LogP contribution in [0.25, 0.3) is 0 Å². The molecule has 2 aromatic carbocycles. The van der Waals surface area contributed by atoms with Gasteiger partial charge in [0.2, 0.25) is 11.8 Å². The number of alkyl carbamates (subject to hydrolysis) is 1. The number of amides is 3. The summed E-state index contributed by atoms with van der Waals surface area (Å²) in [6.07, 6.45) is -0.436. The van der Waals surface area contributed by atoms with Crippen molar-refractivity contribution in [1.82, 2.24) is 16.0 Å². The first-order valence-corrected chi connectivity index (χ1v) is 13.9. The number of aliphatic carboxylic acids is 1. The van der Waals surface area contributed by atoms with Crippen LogP contribution in [0.5, 0.6) is 0 Å². The summed E-state index contributed by atoms with van der Waals surface area (Å²) in [5.74, 6) is -2.79. The number of carbonyl (C=O) groups excluding carboxylic acids is 3. The molecular weight excluding hydrogens is 556 g/mol. The van der Waals surface area contributed by atoms with Crippen LogP contribution in [0.3, 0.4) is 0 Å². The lowest BCUT2D eigenvalue weighted by molar-refractivity contribution is -0.142. The van der Waals surface area contributed by atoms with E-state index in [9.17, 15) is 24.3 Å². The molecule has 234 valence electrons. The van der Waals surface area contributed by atoms with Gasteiger partial charge < -0.3 is 42.0 Å². The highest BCUT2D eigenvalue weighted by molar-refractivity contribution is 5.93. The van der Waals surface area contributed by atoms with Crippen molar-refractivity contribution in [3.63, 3.8) is 0 Å². The molecule has 2 aromatic rings. The summed E-state index contributed by atoms with van der Waals surface area (Å²) in [5.41, 5.74) is 11.5. The molecule has 0 saturated heterocycles. The van der Waals surface area contributed by atoms with Crippen molar-refractivity contribution in [2.75, 3.05) is 13.2 Å². The number of hydrogen-bond donors (Lipinski definition) is 6. The summed E-state index contributed by atoms with van der Waals surface area (Å²) >= 11 is 0. The van der Waals surface area contributed by atoms with Crippen molar-refractivity contribution in [3.8, 4) is 0 Å². The van der Waals surface area contributed by atoms with E-state index in [4.69, 9.17) is 20.9 Å². The summed E-state index contributed by atoms with van der Waals surface area (Å²) < 4.78 is 11.0. The Kier molecular flexibility index (Phi) is 13.9. The first-order valence-electron chi connectivity index (χ1n) is 13.9. The molecule has 0 saturated carbocycles. The summed E-state index contributed by atoms with van der Waals surface area (Å²) in [4.78, 5) is 55.1. The Labute approximate surface area is 251 Å². The topological polar surface area (TPSA) is 207 Å². The standard InChI is InChI=1S/C30H42N6O7/c1-30(2,3)43-19-24(36-29(41)42-18-21-13-8-5-9-14-21)26(38)35-23(17-20-11-6-4-7-12-20)25(37)34-22(27(39)40)15-10-16-33-28(31)32/h4-9,11-14,22-24H,10,15-19H2,1-3H3,(H,34,37)(H,35,38)(H,36,41)(H,39,40)(H4,31,32,33)/t22-,23-,24+/m1/s1. The molecule has 0 aliphatic rings. The van der Waals surface area contributed by atoms with Crippen LogP contribution in [0.4, 0.5) is 4.79 Å². The number of carbonyl (C=O) groups is 4. The Bertz CT molecular complexity index is 1210. The molecule has 8 N–H and O–H groups in total.